The second-order valence-corrected chi connectivity index (χ2v) is 6.79. The molecule has 0 radical (unpaired) electrons. The Balaban J connectivity index is 1.39. The predicted octanol–water partition coefficient (Wildman–Crippen LogP) is 4.60. The fourth-order valence-electron chi connectivity index (χ4n) is 3.15. The van der Waals surface area contributed by atoms with Gasteiger partial charge in [0.2, 0.25) is 0 Å². The van der Waals surface area contributed by atoms with Gasteiger partial charge in [-0.2, -0.15) is 4.99 Å². The van der Waals surface area contributed by atoms with Crippen molar-refractivity contribution in [2.45, 2.75) is 44.5 Å². The minimum absolute atomic E-state index is 0.0389. The summed E-state index contributed by atoms with van der Waals surface area (Å²) in [5.41, 5.74) is 1.95. The molecule has 1 unspecified atom stereocenters. The second-order valence-electron chi connectivity index (χ2n) is 6.79. The summed E-state index contributed by atoms with van der Waals surface area (Å²) in [6, 6.07) is 15.6. The monoisotopic (exact) mass is 385 g/mol. The number of carbonyl (C=O) groups excluding carboxylic acids is 1. The van der Waals surface area contributed by atoms with E-state index in [0.717, 1.165) is 11.3 Å². The molecule has 3 rings (SSSR count). The fraction of sp³-hybridized carbons (Fsp3) is 0.364. The van der Waals surface area contributed by atoms with Crippen LogP contribution in [0.1, 0.15) is 42.9 Å². The molecule has 1 aliphatic rings. The van der Waals surface area contributed by atoms with Crippen molar-refractivity contribution in [3.8, 4) is 0 Å². The number of hydrogen-bond donors (Lipinski definition) is 1. The van der Waals surface area contributed by atoms with Crippen molar-refractivity contribution in [2.75, 3.05) is 6.61 Å². The van der Waals surface area contributed by atoms with Gasteiger partial charge in [0.1, 0.15) is 18.5 Å². The summed E-state index contributed by atoms with van der Waals surface area (Å²) in [5, 5.41) is 10.1. The maximum Gasteiger partial charge on any atom is 0.433 e. The zero-order chi connectivity index (χ0) is 19.8. The lowest BCUT2D eigenvalue weighted by Gasteiger charge is -2.24. The van der Waals surface area contributed by atoms with Crippen LogP contribution in [0.4, 0.5) is 9.18 Å². The van der Waals surface area contributed by atoms with Crippen molar-refractivity contribution in [3.05, 3.63) is 71.5 Å². The molecule has 2 aromatic rings. The van der Waals surface area contributed by atoms with Crippen LogP contribution in [-0.2, 0) is 16.1 Å². The van der Waals surface area contributed by atoms with Crippen LogP contribution in [0.2, 0.25) is 0 Å². The van der Waals surface area contributed by atoms with Gasteiger partial charge < -0.3 is 14.6 Å². The third-order valence-electron chi connectivity index (χ3n) is 4.72. The summed E-state index contributed by atoms with van der Waals surface area (Å²) in [5.74, 6) is -0.439. The zero-order valence-corrected chi connectivity index (χ0v) is 15.6. The molecule has 5 nitrogen and oxygen atoms in total. The first-order valence-electron chi connectivity index (χ1n) is 9.43. The van der Waals surface area contributed by atoms with E-state index in [0.29, 0.717) is 25.7 Å². The molecule has 0 heterocycles. The predicted molar refractivity (Wildman–Crippen MR) is 104 cm³/mol. The third-order valence-corrected chi connectivity index (χ3v) is 4.72. The van der Waals surface area contributed by atoms with Crippen molar-refractivity contribution in [2.24, 2.45) is 4.99 Å². The molecular formula is C22H24FNO4. The van der Waals surface area contributed by atoms with Crippen molar-refractivity contribution in [1.82, 2.24) is 0 Å². The average molecular weight is 385 g/mol. The van der Waals surface area contributed by atoms with Gasteiger partial charge in [-0.1, -0.05) is 48.5 Å². The quantitative estimate of drug-likeness (QED) is 0.789. The number of amides is 1. The first-order valence-corrected chi connectivity index (χ1v) is 9.43. The van der Waals surface area contributed by atoms with Crippen LogP contribution in [-0.4, -0.2) is 29.6 Å². The number of hydrogen-bond acceptors (Lipinski definition) is 4. The molecule has 0 bridgehead atoms. The molecule has 1 aliphatic carbocycles. The van der Waals surface area contributed by atoms with Crippen LogP contribution in [0.25, 0.3) is 0 Å². The zero-order valence-electron chi connectivity index (χ0n) is 15.6. The summed E-state index contributed by atoms with van der Waals surface area (Å²) >= 11 is 0. The van der Waals surface area contributed by atoms with Crippen LogP contribution in [0.3, 0.4) is 0 Å². The standard InChI is InChI=1S/C22H24FNO4/c23-20-9-5-4-8-19(20)21(25)15-27-18-12-10-17(11-13-18)24-22(26)28-14-16-6-2-1-3-7-16/h1-9,18,21,25H,10-15H2. The Bertz CT molecular complexity index is 799. The Labute approximate surface area is 163 Å². The lowest BCUT2D eigenvalue weighted by molar-refractivity contribution is -0.0187. The summed E-state index contributed by atoms with van der Waals surface area (Å²) in [6.45, 7) is 0.243. The number of halogens is 1. The van der Waals surface area contributed by atoms with E-state index in [9.17, 15) is 14.3 Å². The Morgan fingerprint density at radius 3 is 2.50 bits per heavy atom. The van der Waals surface area contributed by atoms with Crippen LogP contribution >= 0.6 is 0 Å². The van der Waals surface area contributed by atoms with E-state index >= 15 is 0 Å². The summed E-state index contributed by atoms with van der Waals surface area (Å²) in [7, 11) is 0. The van der Waals surface area contributed by atoms with E-state index < -0.39 is 18.0 Å². The highest BCUT2D eigenvalue weighted by Gasteiger charge is 2.21. The van der Waals surface area contributed by atoms with Gasteiger partial charge in [-0.25, -0.2) is 9.18 Å². The Morgan fingerprint density at radius 1 is 1.11 bits per heavy atom. The molecular weight excluding hydrogens is 361 g/mol. The van der Waals surface area contributed by atoms with Gasteiger partial charge in [0.15, 0.2) is 0 Å². The van der Waals surface area contributed by atoms with Gasteiger partial charge in [0, 0.05) is 11.3 Å². The Kier molecular flexibility index (Phi) is 7.28. The molecule has 148 valence electrons. The van der Waals surface area contributed by atoms with Gasteiger partial charge in [0.05, 0.1) is 12.7 Å². The number of carbonyl (C=O) groups is 1. The molecule has 2 aromatic carbocycles. The van der Waals surface area contributed by atoms with Gasteiger partial charge in [0.25, 0.3) is 0 Å². The van der Waals surface area contributed by atoms with Gasteiger partial charge in [-0.15, -0.1) is 0 Å². The van der Waals surface area contributed by atoms with Crippen LogP contribution < -0.4 is 0 Å². The lowest BCUT2D eigenvalue weighted by Crippen LogP contribution is -2.24. The van der Waals surface area contributed by atoms with Gasteiger partial charge >= 0.3 is 6.09 Å². The number of aliphatic hydroxyl groups is 1. The minimum atomic E-state index is -0.996. The molecule has 1 amide bonds. The van der Waals surface area contributed by atoms with E-state index in [1.54, 1.807) is 18.2 Å². The molecule has 0 saturated heterocycles. The highest BCUT2D eigenvalue weighted by Crippen LogP contribution is 2.23. The Morgan fingerprint density at radius 2 is 1.79 bits per heavy atom. The summed E-state index contributed by atoms with van der Waals surface area (Å²) < 4.78 is 24.6. The van der Waals surface area contributed by atoms with E-state index in [2.05, 4.69) is 4.99 Å². The smallest absolute Gasteiger partial charge is 0.433 e. The molecule has 1 atom stereocenters. The molecule has 1 saturated carbocycles. The van der Waals surface area contributed by atoms with Crippen LogP contribution in [0.5, 0.6) is 0 Å². The molecule has 6 heteroatoms. The van der Waals surface area contributed by atoms with Crippen LogP contribution in [0, 0.1) is 5.82 Å². The maximum absolute atomic E-state index is 13.7. The van der Waals surface area contributed by atoms with Crippen molar-refractivity contribution < 1.29 is 23.8 Å². The average Bonchev–Trinajstić information content (AvgIpc) is 2.72. The van der Waals surface area contributed by atoms with E-state index in [4.69, 9.17) is 9.47 Å². The largest absolute Gasteiger partial charge is 0.443 e. The van der Waals surface area contributed by atoms with Crippen LogP contribution in [0.15, 0.2) is 59.6 Å². The molecule has 28 heavy (non-hydrogen) atoms. The first-order chi connectivity index (χ1) is 13.6. The number of benzene rings is 2. The van der Waals surface area contributed by atoms with Crippen molar-refractivity contribution in [3.63, 3.8) is 0 Å². The van der Waals surface area contributed by atoms with Gasteiger partial charge in [-0.05, 0) is 37.3 Å². The number of rotatable bonds is 6. The highest BCUT2D eigenvalue weighted by molar-refractivity contribution is 5.93. The molecule has 1 N–H and O–H groups in total. The third kappa shape index (κ3) is 5.97. The van der Waals surface area contributed by atoms with Crippen molar-refractivity contribution >= 4 is 11.8 Å². The number of aliphatic imine (C=N–C) groups is 1. The molecule has 0 aliphatic heterocycles. The van der Waals surface area contributed by atoms with E-state index in [-0.39, 0.29) is 24.9 Å². The molecule has 0 aromatic heterocycles. The highest BCUT2D eigenvalue weighted by atomic mass is 19.1. The van der Waals surface area contributed by atoms with E-state index in [1.807, 2.05) is 30.3 Å². The van der Waals surface area contributed by atoms with Crippen molar-refractivity contribution in [1.29, 1.82) is 0 Å². The summed E-state index contributed by atoms with van der Waals surface area (Å²) in [4.78, 5) is 15.9. The fourth-order valence-corrected chi connectivity index (χ4v) is 3.15. The SMILES string of the molecule is O=C(N=C1CCC(OCC(O)c2ccccc2F)CC1)OCc1ccccc1. The lowest BCUT2D eigenvalue weighted by atomic mass is 9.95. The van der Waals surface area contributed by atoms with E-state index in [1.165, 1.54) is 6.07 Å². The molecule has 0 spiro atoms. The number of ether oxygens (including phenoxy) is 2. The number of nitrogens with zero attached hydrogens (tertiary/aromatic N) is 1. The number of aliphatic hydroxyl groups excluding tert-OH is 1. The normalized spacial score (nSPS) is 17.8. The first kappa shape index (κ1) is 20.2. The maximum atomic E-state index is 13.7. The summed E-state index contributed by atoms with van der Waals surface area (Å²) in [6.07, 6.45) is 1.07. The molecule has 1 fully saturated rings. The Hall–Kier alpha value is -2.57. The van der Waals surface area contributed by atoms with Gasteiger partial charge in [-0.3, -0.25) is 0 Å². The minimum Gasteiger partial charge on any atom is -0.443 e. The second kappa shape index (κ2) is 10.1. The topological polar surface area (TPSA) is 68.1 Å².